The quantitative estimate of drug-likeness (QED) is 0.884. The van der Waals surface area contributed by atoms with Gasteiger partial charge in [-0.1, -0.05) is 0 Å². The van der Waals surface area contributed by atoms with Gasteiger partial charge >= 0.3 is 0 Å². The number of aromatic nitrogens is 2. The fourth-order valence-corrected chi connectivity index (χ4v) is 3.17. The number of aryl methyl sites for hydroxylation is 2. The van der Waals surface area contributed by atoms with Gasteiger partial charge in [0.05, 0.1) is 18.3 Å². The van der Waals surface area contributed by atoms with E-state index in [0.717, 1.165) is 11.6 Å². The largest absolute Gasteiger partial charge is 0.383 e. The molecule has 0 spiro atoms. The minimum atomic E-state index is 0.234. The van der Waals surface area contributed by atoms with E-state index in [2.05, 4.69) is 54.0 Å². The van der Waals surface area contributed by atoms with Crippen LogP contribution in [0.3, 0.4) is 0 Å². The Morgan fingerprint density at radius 3 is 2.70 bits per heavy atom. The van der Waals surface area contributed by atoms with Gasteiger partial charge in [0.15, 0.2) is 0 Å². The third kappa shape index (κ3) is 3.41. The molecular weight excluding hydrogens is 270 g/mol. The maximum atomic E-state index is 5.17. The van der Waals surface area contributed by atoms with Crippen molar-refractivity contribution in [3.05, 3.63) is 33.8 Å². The number of hydrogen-bond acceptors (Lipinski definition) is 4. The van der Waals surface area contributed by atoms with Crippen molar-refractivity contribution in [2.45, 2.75) is 39.8 Å². The van der Waals surface area contributed by atoms with Crippen molar-refractivity contribution in [3.63, 3.8) is 0 Å². The van der Waals surface area contributed by atoms with Crippen LogP contribution in [-0.4, -0.2) is 29.3 Å². The number of nitrogens with zero attached hydrogens (tertiary/aromatic N) is 2. The summed E-state index contributed by atoms with van der Waals surface area (Å²) in [5, 5.41) is 3.42. The number of anilines is 1. The number of thiophene rings is 1. The molecule has 0 saturated carbocycles. The summed E-state index contributed by atoms with van der Waals surface area (Å²) in [6.45, 7) is 9.13. The molecule has 110 valence electrons. The first-order valence-electron chi connectivity index (χ1n) is 6.88. The number of ether oxygens (including phenoxy) is 1. The molecule has 0 amide bonds. The van der Waals surface area contributed by atoms with E-state index in [9.17, 15) is 0 Å². The highest BCUT2D eigenvalue weighted by Gasteiger charge is 2.16. The summed E-state index contributed by atoms with van der Waals surface area (Å²) in [5.41, 5.74) is 1.03. The van der Waals surface area contributed by atoms with Crippen LogP contribution in [0.2, 0.25) is 0 Å². The number of imidazole rings is 1. The average molecular weight is 293 g/mol. The first-order valence-corrected chi connectivity index (χ1v) is 7.70. The molecule has 1 N–H and O–H groups in total. The van der Waals surface area contributed by atoms with Gasteiger partial charge in [-0.05, 0) is 39.8 Å². The highest BCUT2D eigenvalue weighted by molar-refractivity contribution is 7.12. The predicted molar refractivity (Wildman–Crippen MR) is 84.8 cm³/mol. The Balaban J connectivity index is 2.22. The van der Waals surface area contributed by atoms with Crippen LogP contribution in [0.4, 0.5) is 5.95 Å². The Bertz CT molecular complexity index is 561. The van der Waals surface area contributed by atoms with E-state index < -0.39 is 0 Å². The third-order valence-corrected chi connectivity index (χ3v) is 4.41. The molecule has 2 atom stereocenters. The Morgan fingerprint density at radius 2 is 2.10 bits per heavy atom. The standard InChI is InChI=1S/C15H23N3OS/c1-10-8-18(13(4)14-7-6-12(3)20-14)15(16-10)17-11(2)9-19-5/h6-8,11,13H,9H2,1-5H3,(H,16,17). The molecule has 2 heterocycles. The number of methoxy groups -OCH3 is 1. The maximum Gasteiger partial charge on any atom is 0.203 e. The molecule has 5 heteroatoms. The second-order valence-electron chi connectivity index (χ2n) is 5.24. The SMILES string of the molecule is COCC(C)Nc1nc(C)cn1C(C)c1ccc(C)s1. The molecular formula is C15H23N3OS. The lowest BCUT2D eigenvalue weighted by molar-refractivity contribution is 0.190. The van der Waals surface area contributed by atoms with Crippen molar-refractivity contribution in [1.82, 2.24) is 9.55 Å². The van der Waals surface area contributed by atoms with Crippen LogP contribution in [0.15, 0.2) is 18.3 Å². The topological polar surface area (TPSA) is 39.1 Å². The van der Waals surface area contributed by atoms with E-state index >= 15 is 0 Å². The Labute approximate surface area is 124 Å². The van der Waals surface area contributed by atoms with Gasteiger partial charge in [-0.15, -0.1) is 11.3 Å². The number of rotatable bonds is 6. The lowest BCUT2D eigenvalue weighted by atomic mass is 10.2. The normalized spacial score (nSPS) is 14.2. The van der Waals surface area contributed by atoms with Gasteiger partial charge < -0.3 is 14.6 Å². The van der Waals surface area contributed by atoms with Crippen LogP contribution in [0.25, 0.3) is 0 Å². The molecule has 2 rings (SSSR count). The van der Waals surface area contributed by atoms with Crippen LogP contribution < -0.4 is 5.32 Å². The summed E-state index contributed by atoms with van der Waals surface area (Å²) in [5.74, 6) is 0.908. The molecule has 2 aromatic rings. The fraction of sp³-hybridized carbons (Fsp3) is 0.533. The molecule has 0 aliphatic heterocycles. The summed E-state index contributed by atoms with van der Waals surface area (Å²) >= 11 is 1.84. The summed E-state index contributed by atoms with van der Waals surface area (Å²) in [4.78, 5) is 7.28. The Morgan fingerprint density at radius 1 is 1.35 bits per heavy atom. The monoisotopic (exact) mass is 293 g/mol. The van der Waals surface area contributed by atoms with Crippen LogP contribution in [-0.2, 0) is 4.74 Å². The van der Waals surface area contributed by atoms with Gasteiger partial charge in [0.1, 0.15) is 0 Å². The molecule has 0 aliphatic carbocycles. The fourth-order valence-electron chi connectivity index (χ4n) is 2.25. The molecule has 0 radical (unpaired) electrons. The first-order chi connectivity index (χ1) is 9.51. The molecule has 0 aromatic carbocycles. The van der Waals surface area contributed by atoms with Gasteiger partial charge in [-0.25, -0.2) is 4.98 Å². The van der Waals surface area contributed by atoms with Crippen LogP contribution in [0, 0.1) is 13.8 Å². The van der Waals surface area contributed by atoms with Crippen molar-refractivity contribution in [1.29, 1.82) is 0 Å². The number of nitrogens with one attached hydrogen (secondary N) is 1. The molecule has 2 unspecified atom stereocenters. The predicted octanol–water partition coefficient (Wildman–Crippen LogP) is 3.62. The molecule has 0 bridgehead atoms. The summed E-state index contributed by atoms with van der Waals surface area (Å²) < 4.78 is 7.37. The van der Waals surface area contributed by atoms with Crippen molar-refractivity contribution in [3.8, 4) is 0 Å². The molecule has 2 aromatic heterocycles. The van der Waals surface area contributed by atoms with Crippen molar-refractivity contribution < 1.29 is 4.74 Å². The Kier molecular flexibility index (Phi) is 4.83. The van der Waals surface area contributed by atoms with E-state index in [1.54, 1.807) is 7.11 Å². The third-order valence-electron chi connectivity index (χ3n) is 3.24. The summed E-state index contributed by atoms with van der Waals surface area (Å²) in [7, 11) is 1.72. The van der Waals surface area contributed by atoms with E-state index in [1.807, 2.05) is 18.3 Å². The van der Waals surface area contributed by atoms with Gasteiger partial charge in [0.2, 0.25) is 5.95 Å². The summed E-state index contributed by atoms with van der Waals surface area (Å²) in [6.07, 6.45) is 2.10. The molecule has 0 aliphatic rings. The zero-order chi connectivity index (χ0) is 14.7. The lowest BCUT2D eigenvalue weighted by Crippen LogP contribution is -2.23. The van der Waals surface area contributed by atoms with E-state index in [1.165, 1.54) is 9.75 Å². The first kappa shape index (κ1) is 15.1. The maximum absolute atomic E-state index is 5.17. The number of hydrogen-bond donors (Lipinski definition) is 1. The highest BCUT2D eigenvalue weighted by atomic mass is 32.1. The second kappa shape index (κ2) is 6.41. The van der Waals surface area contributed by atoms with E-state index in [-0.39, 0.29) is 12.1 Å². The molecule has 20 heavy (non-hydrogen) atoms. The summed E-state index contributed by atoms with van der Waals surface area (Å²) in [6, 6.07) is 4.88. The van der Waals surface area contributed by atoms with Gasteiger partial charge in [-0.2, -0.15) is 0 Å². The van der Waals surface area contributed by atoms with Crippen LogP contribution in [0.5, 0.6) is 0 Å². The second-order valence-corrected chi connectivity index (χ2v) is 6.56. The highest BCUT2D eigenvalue weighted by Crippen LogP contribution is 2.28. The lowest BCUT2D eigenvalue weighted by Gasteiger charge is -2.19. The van der Waals surface area contributed by atoms with Gasteiger partial charge in [0.25, 0.3) is 0 Å². The van der Waals surface area contributed by atoms with Crippen molar-refractivity contribution in [2.24, 2.45) is 0 Å². The van der Waals surface area contributed by atoms with E-state index in [0.29, 0.717) is 6.61 Å². The average Bonchev–Trinajstić information content (AvgIpc) is 2.95. The molecule has 0 fully saturated rings. The minimum absolute atomic E-state index is 0.234. The molecule has 4 nitrogen and oxygen atoms in total. The zero-order valence-electron chi connectivity index (χ0n) is 12.8. The molecule has 0 saturated heterocycles. The van der Waals surface area contributed by atoms with Gasteiger partial charge in [-0.3, -0.25) is 0 Å². The van der Waals surface area contributed by atoms with Gasteiger partial charge in [0, 0.05) is 29.1 Å². The van der Waals surface area contributed by atoms with Crippen molar-refractivity contribution in [2.75, 3.05) is 19.0 Å². The minimum Gasteiger partial charge on any atom is -0.383 e. The van der Waals surface area contributed by atoms with E-state index in [4.69, 9.17) is 4.74 Å². The smallest absolute Gasteiger partial charge is 0.203 e. The Hall–Kier alpha value is -1.33. The zero-order valence-corrected chi connectivity index (χ0v) is 13.6. The van der Waals surface area contributed by atoms with Crippen molar-refractivity contribution >= 4 is 17.3 Å². The van der Waals surface area contributed by atoms with Crippen LogP contribution in [0.1, 0.15) is 35.3 Å². The van der Waals surface area contributed by atoms with Crippen LogP contribution >= 0.6 is 11.3 Å².